The molecular formula is C7H6Br2F2N2. The number of alkyl halides is 2. The Morgan fingerprint density at radius 3 is 2.54 bits per heavy atom. The van der Waals surface area contributed by atoms with Crippen molar-refractivity contribution >= 4 is 31.9 Å². The standard InChI is InChI=1S/C7H6Br2F2N2/c8-5-3(1-12)4(7(10)11)2-13-6(5)9/h2,7H,1,12H2. The molecule has 0 radical (unpaired) electrons. The molecule has 0 aromatic carbocycles. The molecule has 0 spiro atoms. The van der Waals surface area contributed by atoms with Gasteiger partial charge < -0.3 is 5.73 Å². The SMILES string of the molecule is NCc1c(C(F)F)cnc(Br)c1Br. The van der Waals surface area contributed by atoms with Gasteiger partial charge in [0, 0.05) is 18.3 Å². The van der Waals surface area contributed by atoms with E-state index in [0.717, 1.165) is 6.20 Å². The van der Waals surface area contributed by atoms with Crippen molar-refractivity contribution in [2.75, 3.05) is 0 Å². The van der Waals surface area contributed by atoms with E-state index in [-0.39, 0.29) is 12.1 Å². The summed E-state index contributed by atoms with van der Waals surface area (Å²) in [7, 11) is 0. The number of nitrogens with two attached hydrogens (primary N) is 1. The summed E-state index contributed by atoms with van der Waals surface area (Å²) < 4.78 is 25.8. The molecule has 72 valence electrons. The van der Waals surface area contributed by atoms with Crippen LogP contribution in [-0.2, 0) is 6.54 Å². The molecule has 0 saturated carbocycles. The summed E-state index contributed by atoms with van der Waals surface area (Å²) in [6.07, 6.45) is -1.42. The molecular weight excluding hydrogens is 310 g/mol. The van der Waals surface area contributed by atoms with E-state index < -0.39 is 6.43 Å². The van der Waals surface area contributed by atoms with Crippen LogP contribution in [0.4, 0.5) is 8.78 Å². The van der Waals surface area contributed by atoms with Gasteiger partial charge in [-0.2, -0.15) is 0 Å². The number of pyridine rings is 1. The second kappa shape index (κ2) is 4.43. The molecule has 0 amide bonds. The van der Waals surface area contributed by atoms with Gasteiger partial charge >= 0.3 is 0 Å². The van der Waals surface area contributed by atoms with E-state index in [4.69, 9.17) is 5.73 Å². The monoisotopic (exact) mass is 314 g/mol. The van der Waals surface area contributed by atoms with E-state index in [1.54, 1.807) is 0 Å². The lowest BCUT2D eigenvalue weighted by Crippen LogP contribution is -2.04. The zero-order chi connectivity index (χ0) is 10.0. The molecule has 0 aliphatic heterocycles. The number of rotatable bonds is 2. The molecule has 0 aliphatic rings. The maximum Gasteiger partial charge on any atom is 0.265 e. The van der Waals surface area contributed by atoms with Gasteiger partial charge in [-0.1, -0.05) is 0 Å². The van der Waals surface area contributed by atoms with Crippen LogP contribution in [0.5, 0.6) is 0 Å². The topological polar surface area (TPSA) is 38.9 Å². The minimum absolute atomic E-state index is 0.0569. The molecule has 1 heterocycles. The molecule has 0 fully saturated rings. The summed E-state index contributed by atoms with van der Waals surface area (Å²) in [5.74, 6) is 0. The van der Waals surface area contributed by atoms with E-state index in [2.05, 4.69) is 36.8 Å². The highest BCUT2D eigenvalue weighted by Gasteiger charge is 2.16. The van der Waals surface area contributed by atoms with Crippen LogP contribution in [0.25, 0.3) is 0 Å². The quantitative estimate of drug-likeness (QED) is 0.852. The molecule has 0 aliphatic carbocycles. The average Bonchev–Trinajstić information content (AvgIpc) is 2.09. The summed E-state index contributed by atoms with van der Waals surface area (Å²) in [6, 6.07) is 0. The Bertz CT molecular complexity index is 318. The van der Waals surface area contributed by atoms with Crippen molar-refractivity contribution in [3.05, 3.63) is 26.4 Å². The van der Waals surface area contributed by atoms with Crippen LogP contribution in [-0.4, -0.2) is 4.98 Å². The van der Waals surface area contributed by atoms with Gasteiger partial charge in [-0.25, -0.2) is 13.8 Å². The summed E-state index contributed by atoms with van der Waals surface area (Å²) in [5, 5.41) is 0. The largest absolute Gasteiger partial charge is 0.326 e. The van der Waals surface area contributed by atoms with Gasteiger partial charge in [0.2, 0.25) is 0 Å². The van der Waals surface area contributed by atoms with E-state index in [9.17, 15) is 8.78 Å². The third-order valence-electron chi connectivity index (χ3n) is 1.55. The number of aromatic nitrogens is 1. The second-order valence-corrected chi connectivity index (χ2v) is 3.85. The van der Waals surface area contributed by atoms with Crippen molar-refractivity contribution in [2.45, 2.75) is 13.0 Å². The Hall–Kier alpha value is -0.0700. The van der Waals surface area contributed by atoms with Gasteiger partial charge in [-0.05, 0) is 37.4 Å². The van der Waals surface area contributed by atoms with Crippen LogP contribution < -0.4 is 5.73 Å². The normalized spacial score (nSPS) is 10.9. The zero-order valence-electron chi connectivity index (χ0n) is 6.40. The molecule has 0 saturated heterocycles. The first-order chi connectivity index (χ1) is 6.07. The zero-order valence-corrected chi connectivity index (χ0v) is 9.57. The lowest BCUT2D eigenvalue weighted by molar-refractivity contribution is 0.149. The van der Waals surface area contributed by atoms with Crippen LogP contribution in [0.2, 0.25) is 0 Å². The lowest BCUT2D eigenvalue weighted by atomic mass is 10.1. The maximum absolute atomic E-state index is 12.4. The predicted molar refractivity (Wildman–Crippen MR) is 52.5 cm³/mol. The molecule has 1 rings (SSSR count). The number of hydrogen-bond acceptors (Lipinski definition) is 2. The number of hydrogen-bond donors (Lipinski definition) is 1. The summed E-state index contributed by atoms with van der Waals surface area (Å²) in [6.45, 7) is 0.0569. The van der Waals surface area contributed by atoms with Crippen molar-refractivity contribution in [2.24, 2.45) is 5.73 Å². The fourth-order valence-corrected chi connectivity index (χ4v) is 1.74. The third kappa shape index (κ3) is 2.24. The van der Waals surface area contributed by atoms with E-state index in [1.165, 1.54) is 0 Å². The van der Waals surface area contributed by atoms with E-state index in [0.29, 0.717) is 14.6 Å². The molecule has 2 N–H and O–H groups in total. The predicted octanol–water partition coefficient (Wildman–Crippen LogP) is 3.00. The maximum atomic E-state index is 12.4. The van der Waals surface area contributed by atoms with E-state index >= 15 is 0 Å². The molecule has 0 bridgehead atoms. The van der Waals surface area contributed by atoms with Crippen LogP contribution in [0.1, 0.15) is 17.6 Å². The van der Waals surface area contributed by atoms with Gasteiger partial charge in [0.25, 0.3) is 6.43 Å². The Morgan fingerprint density at radius 1 is 1.46 bits per heavy atom. The smallest absolute Gasteiger partial charge is 0.265 e. The molecule has 1 aromatic rings. The number of nitrogens with zero attached hydrogens (tertiary/aromatic N) is 1. The van der Waals surface area contributed by atoms with Crippen LogP contribution in [0.15, 0.2) is 15.3 Å². The van der Waals surface area contributed by atoms with Crippen molar-refractivity contribution in [1.82, 2.24) is 4.98 Å². The third-order valence-corrected chi connectivity index (χ3v) is 3.54. The fraction of sp³-hybridized carbons (Fsp3) is 0.286. The molecule has 2 nitrogen and oxygen atoms in total. The molecule has 1 aromatic heterocycles. The van der Waals surface area contributed by atoms with Crippen molar-refractivity contribution in [1.29, 1.82) is 0 Å². The Labute approximate surface area is 90.8 Å². The lowest BCUT2D eigenvalue weighted by Gasteiger charge is -2.09. The summed E-state index contributed by atoms with van der Waals surface area (Å²) in [4.78, 5) is 3.74. The Morgan fingerprint density at radius 2 is 2.08 bits per heavy atom. The highest BCUT2D eigenvalue weighted by atomic mass is 79.9. The van der Waals surface area contributed by atoms with Crippen LogP contribution in [0.3, 0.4) is 0 Å². The minimum Gasteiger partial charge on any atom is -0.326 e. The first kappa shape index (κ1) is 11.0. The summed E-state index contributed by atoms with van der Waals surface area (Å²) in [5.41, 5.74) is 5.60. The molecule has 6 heteroatoms. The second-order valence-electron chi connectivity index (χ2n) is 2.30. The van der Waals surface area contributed by atoms with Crippen LogP contribution in [0, 0.1) is 0 Å². The van der Waals surface area contributed by atoms with Gasteiger partial charge in [0.1, 0.15) is 4.60 Å². The van der Waals surface area contributed by atoms with Gasteiger partial charge in [0.15, 0.2) is 0 Å². The number of halogens is 4. The fourth-order valence-electron chi connectivity index (χ4n) is 0.908. The first-order valence-corrected chi connectivity index (χ1v) is 4.97. The van der Waals surface area contributed by atoms with Crippen molar-refractivity contribution in [3.63, 3.8) is 0 Å². The first-order valence-electron chi connectivity index (χ1n) is 3.39. The van der Waals surface area contributed by atoms with Gasteiger partial charge in [0.05, 0.1) is 4.47 Å². The van der Waals surface area contributed by atoms with E-state index in [1.807, 2.05) is 0 Å². The molecule has 13 heavy (non-hydrogen) atoms. The highest BCUT2D eigenvalue weighted by Crippen LogP contribution is 2.31. The highest BCUT2D eigenvalue weighted by molar-refractivity contribution is 9.13. The molecule has 0 unspecified atom stereocenters. The average molecular weight is 316 g/mol. The van der Waals surface area contributed by atoms with Gasteiger partial charge in [-0.3, -0.25) is 0 Å². The summed E-state index contributed by atoms with van der Waals surface area (Å²) >= 11 is 6.25. The van der Waals surface area contributed by atoms with Crippen molar-refractivity contribution in [3.8, 4) is 0 Å². The minimum atomic E-state index is -2.55. The van der Waals surface area contributed by atoms with Gasteiger partial charge in [-0.15, -0.1) is 0 Å². The van der Waals surface area contributed by atoms with Crippen molar-refractivity contribution < 1.29 is 8.78 Å². The Balaban J connectivity index is 3.30. The van der Waals surface area contributed by atoms with Crippen LogP contribution >= 0.6 is 31.9 Å². The molecule has 0 atom stereocenters. The Kier molecular flexibility index (Phi) is 3.75.